The summed E-state index contributed by atoms with van der Waals surface area (Å²) < 4.78 is 19.2. The van der Waals surface area contributed by atoms with Crippen molar-refractivity contribution in [1.29, 1.82) is 0 Å². The fraction of sp³-hybridized carbons (Fsp3) is 0.133. The first-order valence-electron chi connectivity index (χ1n) is 6.03. The molecule has 104 valence electrons. The first-order valence-corrected chi connectivity index (χ1v) is 6.82. The van der Waals surface area contributed by atoms with Crippen LogP contribution in [-0.2, 0) is 4.79 Å². The van der Waals surface area contributed by atoms with Gasteiger partial charge in [-0.15, -0.1) is 0 Å². The van der Waals surface area contributed by atoms with Crippen LogP contribution in [0.2, 0.25) is 0 Å². The first-order chi connectivity index (χ1) is 9.54. The highest BCUT2D eigenvalue weighted by Crippen LogP contribution is 2.18. The number of anilines is 1. The van der Waals surface area contributed by atoms with Gasteiger partial charge in [-0.05, 0) is 55.5 Å². The predicted octanol–water partition coefficient (Wildman–Crippen LogP) is 3.99. The van der Waals surface area contributed by atoms with Crippen molar-refractivity contribution in [3.05, 3.63) is 58.8 Å². The maximum Gasteiger partial charge on any atom is 0.265 e. The second-order valence-corrected chi connectivity index (χ2v) is 5.13. The summed E-state index contributed by atoms with van der Waals surface area (Å²) in [5, 5.41) is 2.66. The molecule has 0 fully saturated rings. The van der Waals surface area contributed by atoms with Crippen LogP contribution >= 0.6 is 15.9 Å². The monoisotopic (exact) mass is 337 g/mol. The molecule has 2 aromatic carbocycles. The van der Waals surface area contributed by atoms with Crippen molar-refractivity contribution in [3.63, 3.8) is 0 Å². The van der Waals surface area contributed by atoms with Crippen molar-refractivity contribution >= 4 is 27.5 Å². The Morgan fingerprint density at radius 3 is 2.35 bits per heavy atom. The molecular weight excluding hydrogens is 325 g/mol. The van der Waals surface area contributed by atoms with Crippen molar-refractivity contribution in [2.24, 2.45) is 0 Å². The van der Waals surface area contributed by atoms with Crippen LogP contribution < -0.4 is 10.1 Å². The molecule has 0 aromatic heterocycles. The number of carbonyl (C=O) groups excluding carboxylic acids is 1. The van der Waals surface area contributed by atoms with Crippen LogP contribution in [-0.4, -0.2) is 12.0 Å². The van der Waals surface area contributed by atoms with Crippen molar-refractivity contribution < 1.29 is 13.9 Å². The fourth-order valence-corrected chi connectivity index (χ4v) is 1.81. The Kier molecular flexibility index (Phi) is 4.74. The van der Waals surface area contributed by atoms with E-state index in [-0.39, 0.29) is 11.7 Å². The molecule has 5 heteroatoms. The summed E-state index contributed by atoms with van der Waals surface area (Å²) in [5.74, 6) is -0.0309. The smallest absolute Gasteiger partial charge is 0.265 e. The SMILES string of the molecule is C[C@H](Oc1ccc(Br)cc1)C(=O)Nc1ccc(F)cc1. The van der Waals surface area contributed by atoms with E-state index in [9.17, 15) is 9.18 Å². The Hall–Kier alpha value is -1.88. The fourth-order valence-electron chi connectivity index (χ4n) is 1.55. The van der Waals surface area contributed by atoms with Crippen LogP contribution in [0.15, 0.2) is 53.0 Å². The first kappa shape index (κ1) is 14.5. The number of carbonyl (C=O) groups is 1. The second-order valence-electron chi connectivity index (χ2n) is 4.21. The number of amides is 1. The molecule has 0 heterocycles. The van der Waals surface area contributed by atoms with E-state index < -0.39 is 6.10 Å². The van der Waals surface area contributed by atoms with Crippen LogP contribution in [0.25, 0.3) is 0 Å². The number of benzene rings is 2. The van der Waals surface area contributed by atoms with E-state index in [0.717, 1.165) is 4.47 Å². The van der Waals surface area contributed by atoms with Gasteiger partial charge >= 0.3 is 0 Å². The molecule has 0 radical (unpaired) electrons. The lowest BCUT2D eigenvalue weighted by Crippen LogP contribution is -2.30. The highest BCUT2D eigenvalue weighted by Gasteiger charge is 2.14. The summed E-state index contributed by atoms with van der Waals surface area (Å²) >= 11 is 3.33. The van der Waals surface area contributed by atoms with E-state index in [4.69, 9.17) is 4.74 Å². The number of halogens is 2. The van der Waals surface area contributed by atoms with Gasteiger partial charge in [0.05, 0.1) is 0 Å². The molecule has 0 saturated carbocycles. The van der Waals surface area contributed by atoms with E-state index in [1.54, 1.807) is 19.1 Å². The highest BCUT2D eigenvalue weighted by atomic mass is 79.9. The zero-order valence-corrected chi connectivity index (χ0v) is 12.4. The molecule has 1 atom stereocenters. The molecule has 0 aliphatic rings. The van der Waals surface area contributed by atoms with Gasteiger partial charge in [0, 0.05) is 10.2 Å². The van der Waals surface area contributed by atoms with Gasteiger partial charge in [-0.2, -0.15) is 0 Å². The minimum absolute atomic E-state index is 0.292. The van der Waals surface area contributed by atoms with E-state index in [1.165, 1.54) is 24.3 Å². The average Bonchev–Trinajstić information content (AvgIpc) is 2.44. The molecule has 0 unspecified atom stereocenters. The summed E-state index contributed by atoms with van der Waals surface area (Å²) in [7, 11) is 0. The summed E-state index contributed by atoms with van der Waals surface area (Å²) in [4.78, 5) is 11.9. The number of nitrogens with one attached hydrogen (secondary N) is 1. The van der Waals surface area contributed by atoms with Crippen molar-refractivity contribution in [3.8, 4) is 5.75 Å². The van der Waals surface area contributed by atoms with Crippen molar-refractivity contribution in [2.75, 3.05) is 5.32 Å². The lowest BCUT2D eigenvalue weighted by molar-refractivity contribution is -0.122. The van der Waals surface area contributed by atoms with Crippen LogP contribution in [0.4, 0.5) is 10.1 Å². The lowest BCUT2D eigenvalue weighted by atomic mass is 10.3. The van der Waals surface area contributed by atoms with Crippen LogP contribution in [0, 0.1) is 5.82 Å². The maximum atomic E-state index is 12.8. The standard InChI is InChI=1S/C15H13BrFNO2/c1-10(20-14-8-2-11(16)3-9-14)15(19)18-13-6-4-12(17)5-7-13/h2-10H,1H3,(H,18,19)/t10-/m0/s1. The topological polar surface area (TPSA) is 38.3 Å². The normalized spacial score (nSPS) is 11.8. The molecule has 0 bridgehead atoms. The summed E-state index contributed by atoms with van der Waals surface area (Å²) in [6.07, 6.45) is -0.652. The minimum atomic E-state index is -0.652. The predicted molar refractivity (Wildman–Crippen MR) is 79.3 cm³/mol. The zero-order valence-electron chi connectivity index (χ0n) is 10.8. The van der Waals surface area contributed by atoms with Gasteiger partial charge in [-0.3, -0.25) is 4.79 Å². The summed E-state index contributed by atoms with van der Waals surface area (Å²) in [5.41, 5.74) is 0.530. The van der Waals surface area contributed by atoms with E-state index in [2.05, 4.69) is 21.2 Å². The third-order valence-electron chi connectivity index (χ3n) is 2.61. The molecular formula is C15H13BrFNO2. The third kappa shape index (κ3) is 4.06. The number of hydrogen-bond donors (Lipinski definition) is 1. The molecule has 0 saturated heterocycles. The molecule has 0 aliphatic carbocycles. The Bertz CT molecular complexity index is 584. The molecule has 20 heavy (non-hydrogen) atoms. The van der Waals surface area contributed by atoms with Gasteiger partial charge in [0.15, 0.2) is 6.10 Å². The Balaban J connectivity index is 1.94. The van der Waals surface area contributed by atoms with Gasteiger partial charge in [0.2, 0.25) is 0 Å². The van der Waals surface area contributed by atoms with Gasteiger partial charge in [-0.1, -0.05) is 15.9 Å². The van der Waals surface area contributed by atoms with Crippen molar-refractivity contribution in [1.82, 2.24) is 0 Å². The maximum absolute atomic E-state index is 12.8. The van der Waals surface area contributed by atoms with Gasteiger partial charge in [-0.25, -0.2) is 4.39 Å². The molecule has 0 aliphatic heterocycles. The Morgan fingerprint density at radius 1 is 1.15 bits per heavy atom. The molecule has 1 N–H and O–H groups in total. The largest absolute Gasteiger partial charge is 0.481 e. The van der Waals surface area contributed by atoms with Gasteiger partial charge in [0.1, 0.15) is 11.6 Å². The minimum Gasteiger partial charge on any atom is -0.481 e. The number of hydrogen-bond acceptors (Lipinski definition) is 2. The highest BCUT2D eigenvalue weighted by molar-refractivity contribution is 9.10. The number of ether oxygens (including phenoxy) is 1. The van der Waals surface area contributed by atoms with Crippen LogP contribution in [0.3, 0.4) is 0 Å². The van der Waals surface area contributed by atoms with E-state index >= 15 is 0 Å². The van der Waals surface area contributed by atoms with Gasteiger partial charge < -0.3 is 10.1 Å². The molecule has 3 nitrogen and oxygen atoms in total. The Labute approximate surface area is 124 Å². The molecule has 2 rings (SSSR count). The summed E-state index contributed by atoms with van der Waals surface area (Å²) in [6.45, 7) is 1.65. The second kappa shape index (κ2) is 6.52. The van der Waals surface area contributed by atoms with Gasteiger partial charge in [0.25, 0.3) is 5.91 Å². The van der Waals surface area contributed by atoms with Crippen LogP contribution in [0.5, 0.6) is 5.75 Å². The average molecular weight is 338 g/mol. The third-order valence-corrected chi connectivity index (χ3v) is 3.14. The number of rotatable bonds is 4. The van der Waals surface area contributed by atoms with E-state index in [1.807, 2.05) is 12.1 Å². The Morgan fingerprint density at radius 2 is 1.75 bits per heavy atom. The quantitative estimate of drug-likeness (QED) is 0.915. The van der Waals surface area contributed by atoms with Crippen LogP contribution in [0.1, 0.15) is 6.92 Å². The molecule has 2 aromatic rings. The molecule has 1 amide bonds. The summed E-state index contributed by atoms with van der Waals surface area (Å²) in [6, 6.07) is 12.8. The molecule has 0 spiro atoms. The zero-order chi connectivity index (χ0) is 14.5. The lowest BCUT2D eigenvalue weighted by Gasteiger charge is -2.14. The van der Waals surface area contributed by atoms with Crippen molar-refractivity contribution in [2.45, 2.75) is 13.0 Å². The van der Waals surface area contributed by atoms with E-state index in [0.29, 0.717) is 11.4 Å².